The number of hydrogen-bond acceptors (Lipinski definition) is 1. The summed E-state index contributed by atoms with van der Waals surface area (Å²) < 4.78 is 0.948. The monoisotopic (exact) mass is 315 g/mol. The first-order valence-corrected chi connectivity index (χ1v) is 7.11. The van der Waals surface area contributed by atoms with Crippen LogP contribution in [0.25, 0.3) is 0 Å². The van der Waals surface area contributed by atoms with Gasteiger partial charge in [-0.25, -0.2) is 0 Å². The Labute approximate surface area is 121 Å². The lowest BCUT2D eigenvalue weighted by Crippen LogP contribution is -2.28. The SMILES string of the molecule is Cc1cc(Br)cc(C(=O)N2CCc3ccccc32)c1. The molecule has 2 aromatic rings. The van der Waals surface area contributed by atoms with Crippen LogP contribution in [0.1, 0.15) is 21.5 Å². The highest BCUT2D eigenvalue weighted by molar-refractivity contribution is 9.10. The summed E-state index contributed by atoms with van der Waals surface area (Å²) in [5.74, 6) is 0.0781. The zero-order valence-corrected chi connectivity index (χ0v) is 12.3. The molecule has 0 fully saturated rings. The number of hydrogen-bond donors (Lipinski definition) is 0. The molecule has 1 aliphatic rings. The highest BCUT2D eigenvalue weighted by atomic mass is 79.9. The third-order valence-corrected chi connectivity index (χ3v) is 3.88. The minimum Gasteiger partial charge on any atom is -0.308 e. The number of nitrogens with zero attached hydrogens (tertiary/aromatic N) is 1. The van der Waals surface area contributed by atoms with Crippen LogP contribution in [0, 0.1) is 6.92 Å². The fraction of sp³-hybridized carbons (Fsp3) is 0.188. The molecule has 1 heterocycles. The number of para-hydroxylation sites is 1. The first-order chi connectivity index (χ1) is 9.15. The molecule has 0 unspecified atom stereocenters. The number of anilines is 1. The molecule has 0 aliphatic carbocycles. The Hall–Kier alpha value is -1.61. The fourth-order valence-corrected chi connectivity index (χ4v) is 3.17. The normalized spacial score (nSPS) is 13.5. The number of benzene rings is 2. The zero-order valence-electron chi connectivity index (χ0n) is 10.7. The van der Waals surface area contributed by atoms with Crippen LogP contribution in [0.2, 0.25) is 0 Å². The predicted octanol–water partition coefficient (Wildman–Crippen LogP) is 3.96. The van der Waals surface area contributed by atoms with Gasteiger partial charge in [-0.1, -0.05) is 34.1 Å². The number of carbonyl (C=O) groups is 1. The number of fused-ring (bicyclic) bond motifs is 1. The maximum absolute atomic E-state index is 12.6. The van der Waals surface area contributed by atoms with Gasteiger partial charge < -0.3 is 4.90 Å². The third-order valence-electron chi connectivity index (χ3n) is 3.42. The van der Waals surface area contributed by atoms with Crippen molar-refractivity contribution in [2.45, 2.75) is 13.3 Å². The number of amides is 1. The molecule has 3 heteroatoms. The topological polar surface area (TPSA) is 20.3 Å². The van der Waals surface area contributed by atoms with E-state index in [-0.39, 0.29) is 5.91 Å². The molecule has 0 atom stereocenters. The molecule has 0 bridgehead atoms. The van der Waals surface area contributed by atoms with Crippen LogP contribution in [0.3, 0.4) is 0 Å². The van der Waals surface area contributed by atoms with E-state index in [1.54, 1.807) is 0 Å². The van der Waals surface area contributed by atoms with Crippen LogP contribution in [-0.4, -0.2) is 12.5 Å². The Morgan fingerprint density at radius 1 is 1.21 bits per heavy atom. The first kappa shape index (κ1) is 12.4. The highest BCUT2D eigenvalue weighted by Crippen LogP contribution is 2.29. The van der Waals surface area contributed by atoms with Gasteiger partial charge in [0, 0.05) is 22.3 Å². The smallest absolute Gasteiger partial charge is 0.258 e. The van der Waals surface area contributed by atoms with E-state index >= 15 is 0 Å². The predicted molar refractivity (Wildman–Crippen MR) is 80.7 cm³/mol. The average molecular weight is 316 g/mol. The molecule has 1 amide bonds. The Morgan fingerprint density at radius 3 is 2.79 bits per heavy atom. The van der Waals surface area contributed by atoms with Gasteiger partial charge in [0.1, 0.15) is 0 Å². The number of aryl methyl sites for hydroxylation is 1. The van der Waals surface area contributed by atoms with Gasteiger partial charge in [0.15, 0.2) is 0 Å². The summed E-state index contributed by atoms with van der Waals surface area (Å²) in [6.45, 7) is 2.77. The van der Waals surface area contributed by atoms with Crippen molar-refractivity contribution in [3.8, 4) is 0 Å². The van der Waals surface area contributed by atoms with Crippen molar-refractivity contribution >= 4 is 27.5 Å². The summed E-state index contributed by atoms with van der Waals surface area (Å²) in [6.07, 6.45) is 0.939. The van der Waals surface area contributed by atoms with Crippen molar-refractivity contribution in [1.29, 1.82) is 0 Å². The van der Waals surface area contributed by atoms with E-state index in [0.717, 1.165) is 34.3 Å². The minimum atomic E-state index is 0.0781. The molecule has 1 aliphatic heterocycles. The van der Waals surface area contributed by atoms with Crippen LogP contribution in [0.4, 0.5) is 5.69 Å². The molecule has 96 valence electrons. The van der Waals surface area contributed by atoms with Gasteiger partial charge in [-0.15, -0.1) is 0 Å². The largest absolute Gasteiger partial charge is 0.308 e. The Bertz CT molecular complexity index is 631. The van der Waals surface area contributed by atoms with Crippen molar-refractivity contribution in [2.24, 2.45) is 0 Å². The van der Waals surface area contributed by atoms with Gasteiger partial charge in [-0.05, 0) is 48.7 Å². The standard InChI is InChI=1S/C16H14BrNO/c1-11-8-13(10-14(17)9-11)16(19)18-7-6-12-4-2-3-5-15(12)18/h2-5,8-10H,6-7H2,1H3. The third kappa shape index (κ3) is 2.30. The van der Waals surface area contributed by atoms with Crippen LogP contribution >= 0.6 is 15.9 Å². The maximum atomic E-state index is 12.6. The Balaban J connectivity index is 1.98. The van der Waals surface area contributed by atoms with Gasteiger partial charge in [-0.3, -0.25) is 4.79 Å². The number of carbonyl (C=O) groups excluding carboxylic acids is 1. The zero-order chi connectivity index (χ0) is 13.4. The van der Waals surface area contributed by atoms with E-state index in [2.05, 4.69) is 22.0 Å². The van der Waals surface area contributed by atoms with Crippen molar-refractivity contribution in [3.05, 3.63) is 63.6 Å². The average Bonchev–Trinajstić information content (AvgIpc) is 2.80. The van der Waals surface area contributed by atoms with Crippen LogP contribution in [-0.2, 0) is 6.42 Å². The summed E-state index contributed by atoms with van der Waals surface area (Å²) in [6, 6.07) is 13.9. The van der Waals surface area contributed by atoms with E-state index in [4.69, 9.17) is 0 Å². The van der Waals surface area contributed by atoms with E-state index in [1.165, 1.54) is 5.56 Å². The summed E-state index contributed by atoms with van der Waals surface area (Å²) in [4.78, 5) is 14.5. The second kappa shape index (κ2) is 4.82. The molecule has 2 aromatic carbocycles. The van der Waals surface area contributed by atoms with Crippen molar-refractivity contribution < 1.29 is 4.79 Å². The second-order valence-electron chi connectivity index (χ2n) is 4.85. The molecule has 0 radical (unpaired) electrons. The molecule has 0 saturated heterocycles. The van der Waals surface area contributed by atoms with Gasteiger partial charge in [-0.2, -0.15) is 0 Å². The minimum absolute atomic E-state index is 0.0781. The summed E-state index contributed by atoms with van der Waals surface area (Å²) >= 11 is 3.45. The van der Waals surface area contributed by atoms with E-state index in [0.29, 0.717) is 0 Å². The van der Waals surface area contributed by atoms with E-state index < -0.39 is 0 Å². The van der Waals surface area contributed by atoms with Gasteiger partial charge >= 0.3 is 0 Å². The molecule has 3 rings (SSSR count). The first-order valence-electron chi connectivity index (χ1n) is 6.32. The van der Waals surface area contributed by atoms with Crippen LogP contribution in [0.5, 0.6) is 0 Å². The fourth-order valence-electron chi connectivity index (χ4n) is 2.56. The van der Waals surface area contributed by atoms with Crippen molar-refractivity contribution in [1.82, 2.24) is 0 Å². The molecule has 2 nitrogen and oxygen atoms in total. The van der Waals surface area contributed by atoms with Gasteiger partial charge in [0.25, 0.3) is 5.91 Å². The summed E-state index contributed by atoms with van der Waals surface area (Å²) in [5.41, 5.74) is 4.13. The Kier molecular flexibility index (Phi) is 3.15. The molecule has 0 N–H and O–H groups in total. The number of rotatable bonds is 1. The maximum Gasteiger partial charge on any atom is 0.258 e. The van der Waals surface area contributed by atoms with Gasteiger partial charge in [0.2, 0.25) is 0 Å². The molecule has 0 spiro atoms. The summed E-state index contributed by atoms with van der Waals surface area (Å²) in [7, 11) is 0. The van der Waals surface area contributed by atoms with Crippen LogP contribution in [0.15, 0.2) is 46.9 Å². The van der Waals surface area contributed by atoms with Crippen molar-refractivity contribution in [2.75, 3.05) is 11.4 Å². The lowest BCUT2D eigenvalue weighted by atomic mass is 10.1. The lowest BCUT2D eigenvalue weighted by molar-refractivity contribution is 0.0989. The second-order valence-corrected chi connectivity index (χ2v) is 5.77. The van der Waals surface area contributed by atoms with Gasteiger partial charge in [0.05, 0.1) is 0 Å². The van der Waals surface area contributed by atoms with E-state index in [9.17, 15) is 4.79 Å². The molecular formula is C16H14BrNO. The molecule has 0 aromatic heterocycles. The van der Waals surface area contributed by atoms with Crippen LogP contribution < -0.4 is 4.90 Å². The highest BCUT2D eigenvalue weighted by Gasteiger charge is 2.25. The quantitative estimate of drug-likeness (QED) is 0.780. The number of halogens is 1. The summed E-state index contributed by atoms with van der Waals surface area (Å²) in [5, 5.41) is 0. The molecule has 0 saturated carbocycles. The van der Waals surface area contributed by atoms with Crippen molar-refractivity contribution in [3.63, 3.8) is 0 Å². The Morgan fingerprint density at radius 2 is 2.00 bits per heavy atom. The van der Waals surface area contributed by atoms with E-state index in [1.807, 2.05) is 48.2 Å². The molecular weight excluding hydrogens is 302 g/mol. The molecule has 19 heavy (non-hydrogen) atoms. The lowest BCUT2D eigenvalue weighted by Gasteiger charge is -2.17.